The fourth-order valence-corrected chi connectivity index (χ4v) is 2.71. The maximum absolute atomic E-state index is 12.1. The molecule has 0 atom stereocenters. The van der Waals surface area contributed by atoms with Gasteiger partial charge in [-0.2, -0.15) is 8.42 Å². The number of rotatable bonds is 5. The average molecular weight is 318 g/mol. The first-order valence-electron chi connectivity index (χ1n) is 5.52. The molecule has 0 amide bonds. The highest BCUT2D eigenvalue weighted by Crippen LogP contribution is 2.28. The second-order valence-corrected chi connectivity index (χ2v) is 5.85. The summed E-state index contributed by atoms with van der Waals surface area (Å²) in [6, 6.07) is 7.12. The predicted octanol–water partition coefficient (Wildman–Crippen LogP) is 2.23. The van der Waals surface area contributed by atoms with Crippen molar-refractivity contribution >= 4 is 27.3 Å². The Morgan fingerprint density at radius 1 is 1.35 bits per heavy atom. The van der Waals surface area contributed by atoms with Crippen LogP contribution in [0.25, 0.3) is 0 Å². The Bertz CT molecular complexity index is 710. The van der Waals surface area contributed by atoms with Crippen molar-refractivity contribution < 1.29 is 22.7 Å². The predicted molar refractivity (Wildman–Crippen MR) is 73.4 cm³/mol. The summed E-state index contributed by atoms with van der Waals surface area (Å²) in [5.41, 5.74) is 0.285. The molecular weight excluding hydrogens is 306 g/mol. The van der Waals surface area contributed by atoms with Crippen LogP contribution in [0.2, 0.25) is 5.02 Å². The van der Waals surface area contributed by atoms with Gasteiger partial charge >= 0.3 is 0 Å². The van der Waals surface area contributed by atoms with Gasteiger partial charge in [-0.15, -0.1) is 0 Å². The summed E-state index contributed by atoms with van der Waals surface area (Å²) in [6.45, 7) is -0.371. The number of nitrogens with one attached hydrogen (secondary N) is 1. The molecule has 0 spiro atoms. The van der Waals surface area contributed by atoms with Crippen molar-refractivity contribution in [3.05, 3.63) is 41.1 Å². The second kappa shape index (κ2) is 5.74. The number of sulfonamides is 1. The lowest BCUT2D eigenvalue weighted by molar-refractivity contribution is 0.236. The molecule has 2 rings (SSSR count). The number of ether oxygens (including phenoxy) is 1. The minimum absolute atomic E-state index is 0.166. The Morgan fingerprint density at radius 3 is 2.70 bits per heavy atom. The van der Waals surface area contributed by atoms with Gasteiger partial charge in [-0.3, -0.25) is 4.72 Å². The van der Waals surface area contributed by atoms with Crippen LogP contribution in [0.4, 0.5) is 5.69 Å². The van der Waals surface area contributed by atoms with Gasteiger partial charge in [-0.1, -0.05) is 11.6 Å². The van der Waals surface area contributed by atoms with Gasteiger partial charge in [0.05, 0.1) is 17.8 Å². The molecule has 0 unspecified atom stereocenters. The summed E-state index contributed by atoms with van der Waals surface area (Å²) in [4.78, 5) is 0. The highest BCUT2D eigenvalue weighted by Gasteiger charge is 2.19. The highest BCUT2D eigenvalue weighted by molar-refractivity contribution is 7.92. The van der Waals surface area contributed by atoms with E-state index in [-0.39, 0.29) is 23.1 Å². The summed E-state index contributed by atoms with van der Waals surface area (Å²) in [7, 11) is -2.44. The zero-order valence-electron chi connectivity index (χ0n) is 10.5. The van der Waals surface area contributed by atoms with E-state index in [9.17, 15) is 8.42 Å². The topological polar surface area (TPSA) is 88.8 Å². The second-order valence-electron chi connectivity index (χ2n) is 3.83. The van der Waals surface area contributed by atoms with Crippen molar-refractivity contribution in [3.63, 3.8) is 0 Å². The lowest BCUT2D eigenvalue weighted by Gasteiger charge is -2.08. The molecular formula is C12H12ClNO5S. The van der Waals surface area contributed by atoms with E-state index in [1.54, 1.807) is 0 Å². The molecule has 2 aromatic rings. The van der Waals surface area contributed by atoms with Crippen LogP contribution in [-0.4, -0.2) is 20.6 Å². The highest BCUT2D eigenvalue weighted by atomic mass is 35.5. The van der Waals surface area contributed by atoms with E-state index in [2.05, 4.69) is 4.72 Å². The lowest BCUT2D eigenvalue weighted by atomic mass is 10.3. The number of aliphatic hydroxyl groups is 1. The third-order valence-corrected chi connectivity index (χ3v) is 4.03. The Morgan fingerprint density at radius 2 is 2.10 bits per heavy atom. The van der Waals surface area contributed by atoms with Gasteiger partial charge in [0.1, 0.15) is 18.1 Å². The van der Waals surface area contributed by atoms with Gasteiger partial charge in [-0.25, -0.2) is 0 Å². The maximum Gasteiger partial charge on any atom is 0.295 e. The number of methoxy groups -OCH3 is 1. The van der Waals surface area contributed by atoms with Gasteiger partial charge < -0.3 is 14.3 Å². The van der Waals surface area contributed by atoms with E-state index in [4.69, 9.17) is 25.9 Å². The Hall–Kier alpha value is -1.70. The summed E-state index contributed by atoms with van der Waals surface area (Å²) >= 11 is 5.86. The third-order valence-electron chi connectivity index (χ3n) is 2.46. The third kappa shape index (κ3) is 3.06. The summed E-state index contributed by atoms with van der Waals surface area (Å²) in [5.74, 6) is 0.515. The Labute approximate surface area is 121 Å². The number of hydrogen-bond acceptors (Lipinski definition) is 5. The van der Waals surface area contributed by atoms with Gasteiger partial charge in [-0.05, 0) is 24.3 Å². The van der Waals surface area contributed by atoms with Crippen molar-refractivity contribution in [2.24, 2.45) is 0 Å². The Balaban J connectivity index is 2.28. The van der Waals surface area contributed by atoms with Crippen LogP contribution in [0.3, 0.4) is 0 Å². The quantitative estimate of drug-likeness (QED) is 0.882. The molecule has 0 bridgehead atoms. The molecule has 0 aliphatic carbocycles. The van der Waals surface area contributed by atoms with Crippen molar-refractivity contribution in [1.29, 1.82) is 0 Å². The zero-order valence-corrected chi connectivity index (χ0v) is 12.0. The number of benzene rings is 1. The molecule has 0 aliphatic heterocycles. The summed E-state index contributed by atoms with van der Waals surface area (Å²) < 4.78 is 36.4. The molecule has 0 aliphatic rings. The zero-order chi connectivity index (χ0) is 14.8. The van der Waals surface area contributed by atoms with Gasteiger partial charge in [0.15, 0.2) is 0 Å². The summed E-state index contributed by atoms with van der Waals surface area (Å²) in [5, 5.41) is 8.95. The van der Waals surface area contributed by atoms with Crippen LogP contribution < -0.4 is 9.46 Å². The van der Waals surface area contributed by atoms with E-state index < -0.39 is 10.0 Å². The molecule has 6 nitrogen and oxygen atoms in total. The molecule has 2 N–H and O–H groups in total. The van der Waals surface area contributed by atoms with Crippen molar-refractivity contribution in [1.82, 2.24) is 0 Å². The molecule has 108 valence electrons. The van der Waals surface area contributed by atoms with E-state index in [1.165, 1.54) is 37.4 Å². The molecule has 1 heterocycles. The van der Waals surface area contributed by atoms with E-state index in [0.29, 0.717) is 10.8 Å². The number of hydrogen-bond donors (Lipinski definition) is 2. The number of furan rings is 1. The van der Waals surface area contributed by atoms with Crippen molar-refractivity contribution in [3.8, 4) is 5.75 Å². The molecule has 0 radical (unpaired) electrons. The minimum Gasteiger partial charge on any atom is -0.495 e. The average Bonchev–Trinajstić information content (AvgIpc) is 2.90. The molecule has 1 aromatic carbocycles. The molecule has 0 fully saturated rings. The standard InChI is InChI=1S/C12H12ClNO5S/c1-18-11-6-8(2-4-10(11)13)14-20(16,17)12-5-3-9(7-15)19-12/h2-6,14-15H,7H2,1H3. The maximum atomic E-state index is 12.1. The van der Waals surface area contributed by atoms with Crippen LogP contribution >= 0.6 is 11.6 Å². The Kier molecular flexibility index (Phi) is 4.22. The van der Waals surface area contributed by atoms with Crippen LogP contribution in [0, 0.1) is 0 Å². The fraction of sp³-hybridized carbons (Fsp3) is 0.167. The summed E-state index contributed by atoms with van der Waals surface area (Å²) in [6.07, 6.45) is 0. The first-order valence-corrected chi connectivity index (χ1v) is 7.38. The first kappa shape index (κ1) is 14.7. The van der Waals surface area contributed by atoms with Crippen LogP contribution in [0.1, 0.15) is 5.76 Å². The van der Waals surface area contributed by atoms with Gasteiger partial charge in [0.25, 0.3) is 10.0 Å². The number of aliphatic hydroxyl groups excluding tert-OH is 1. The fourth-order valence-electron chi connectivity index (χ4n) is 1.52. The smallest absolute Gasteiger partial charge is 0.295 e. The van der Waals surface area contributed by atoms with Gasteiger partial charge in [0, 0.05) is 6.07 Å². The molecule has 0 saturated heterocycles. The van der Waals surface area contributed by atoms with E-state index >= 15 is 0 Å². The first-order chi connectivity index (χ1) is 9.46. The molecule has 8 heteroatoms. The molecule has 20 heavy (non-hydrogen) atoms. The minimum atomic E-state index is -3.87. The van der Waals surface area contributed by atoms with Crippen LogP contribution in [0.15, 0.2) is 39.8 Å². The normalized spacial score (nSPS) is 11.3. The molecule has 1 aromatic heterocycles. The van der Waals surface area contributed by atoms with E-state index in [0.717, 1.165) is 0 Å². The number of anilines is 1. The van der Waals surface area contributed by atoms with Crippen LogP contribution in [-0.2, 0) is 16.6 Å². The van der Waals surface area contributed by atoms with E-state index in [1.807, 2.05) is 0 Å². The van der Waals surface area contributed by atoms with Crippen molar-refractivity contribution in [2.45, 2.75) is 11.7 Å². The van der Waals surface area contributed by atoms with Crippen LogP contribution in [0.5, 0.6) is 5.75 Å². The number of halogens is 1. The van der Waals surface area contributed by atoms with Crippen molar-refractivity contribution in [2.75, 3.05) is 11.8 Å². The van der Waals surface area contributed by atoms with Gasteiger partial charge in [0.2, 0.25) is 5.09 Å². The molecule has 0 saturated carbocycles. The largest absolute Gasteiger partial charge is 0.495 e. The monoisotopic (exact) mass is 317 g/mol. The lowest BCUT2D eigenvalue weighted by Crippen LogP contribution is -2.12. The SMILES string of the molecule is COc1cc(NS(=O)(=O)c2ccc(CO)o2)ccc1Cl.